The molecule has 1 atom stereocenters. The molecule has 4 nitrogen and oxygen atoms in total. The van der Waals surface area contributed by atoms with Gasteiger partial charge in [0, 0.05) is 19.7 Å². The van der Waals surface area contributed by atoms with Gasteiger partial charge in [-0.15, -0.1) is 0 Å². The normalized spacial score (nSPS) is 17.3. The molecule has 0 bridgehead atoms. The lowest BCUT2D eigenvalue weighted by molar-refractivity contribution is -0.196. The number of nitrogens with zero attached hydrogens (tertiary/aromatic N) is 2. The molecule has 4 aromatic rings. The largest absolute Gasteiger partial charge is 0.648 e. The van der Waals surface area contributed by atoms with Crippen LogP contribution in [0.5, 0.6) is 0 Å². The second-order valence-corrected chi connectivity index (χ2v) is 15.4. The van der Waals surface area contributed by atoms with Crippen molar-refractivity contribution in [1.29, 1.82) is 0 Å². The molecule has 0 spiro atoms. The van der Waals surface area contributed by atoms with Crippen LogP contribution in [0.1, 0.15) is 11.4 Å². The van der Waals surface area contributed by atoms with Gasteiger partial charge in [0.05, 0.1) is 13.1 Å². The van der Waals surface area contributed by atoms with Crippen LogP contribution >= 0.6 is 7.79 Å². The van der Waals surface area contributed by atoms with E-state index in [9.17, 15) is 4.89 Å². The van der Waals surface area contributed by atoms with E-state index < -0.39 is 22.0 Å². The van der Waals surface area contributed by atoms with Crippen molar-refractivity contribution in [1.82, 2.24) is 9.34 Å². The van der Waals surface area contributed by atoms with Gasteiger partial charge in [0.2, 0.25) is 5.85 Å². The summed E-state index contributed by atoms with van der Waals surface area (Å²) in [5, 5.41) is 3.40. The van der Waals surface area contributed by atoms with Crippen LogP contribution in [-0.4, -0.2) is 44.8 Å². The van der Waals surface area contributed by atoms with E-state index in [0.717, 1.165) is 34.2 Å². The first kappa shape index (κ1) is 24.1. The highest BCUT2D eigenvalue weighted by Gasteiger charge is 2.55. The lowest BCUT2D eigenvalue weighted by Crippen LogP contribution is -2.70. The Morgan fingerprint density at radius 1 is 0.629 bits per heavy atom. The maximum atomic E-state index is 14.9. The van der Waals surface area contributed by atoms with Crippen molar-refractivity contribution >= 4 is 31.7 Å². The Labute approximate surface area is 210 Å². The third-order valence-electron chi connectivity index (χ3n) is 6.95. The number of hydrogen-bond donors (Lipinski definition) is 0. The highest BCUT2D eigenvalue weighted by atomic mass is 31.2. The molecule has 4 aromatic carbocycles. The number of benzene rings is 4. The molecule has 5 rings (SSSR count). The minimum absolute atomic E-state index is 0.603. The van der Waals surface area contributed by atoms with Crippen molar-refractivity contribution in [2.75, 3.05) is 27.2 Å². The van der Waals surface area contributed by atoms with Crippen LogP contribution in [0, 0.1) is 0 Å². The standard InChI is InChI=1S/C29H31N2O2PSi/c1-30-23-24-31(2)34(30,32)29(25-15-7-3-8-16-25)33-35(26-17-9-4-10-18-26,27-19-11-5-12-20-27)28-21-13-6-14-22-28/h3-22,29H,23-24H2,1-2H3/t29-/m0/s1. The second-order valence-electron chi connectivity index (χ2n) is 9.01. The van der Waals surface area contributed by atoms with E-state index in [-0.39, 0.29) is 0 Å². The van der Waals surface area contributed by atoms with Crippen molar-refractivity contribution in [3.63, 3.8) is 0 Å². The van der Waals surface area contributed by atoms with E-state index >= 15 is 0 Å². The first-order valence-electron chi connectivity index (χ1n) is 12.0. The molecule has 0 aromatic heterocycles. The molecule has 0 N–H and O–H groups in total. The van der Waals surface area contributed by atoms with Crippen LogP contribution < -0.4 is 20.5 Å². The van der Waals surface area contributed by atoms with Crippen LogP contribution in [-0.2, 0) is 4.43 Å². The molecule has 0 amide bonds. The third kappa shape index (κ3) is 4.29. The molecule has 178 valence electrons. The molecular weight excluding hydrogens is 467 g/mol. The van der Waals surface area contributed by atoms with Crippen molar-refractivity contribution < 1.29 is 9.32 Å². The SMILES string of the molecule is CN1CCN(C)[P+]1([O-])[C@H](O[Si](c1ccccc1)(c1ccccc1)c1ccccc1)c1ccccc1. The van der Waals surface area contributed by atoms with Crippen molar-refractivity contribution in [2.24, 2.45) is 0 Å². The van der Waals surface area contributed by atoms with Crippen molar-refractivity contribution in [3.8, 4) is 0 Å². The molecule has 0 unspecified atom stereocenters. The van der Waals surface area contributed by atoms with Crippen molar-refractivity contribution in [3.05, 3.63) is 127 Å². The van der Waals surface area contributed by atoms with Gasteiger partial charge in [0.15, 0.2) is 0 Å². The maximum absolute atomic E-state index is 14.9. The molecular formula is C29H31N2O2PSi. The second kappa shape index (κ2) is 10.2. The Morgan fingerprint density at radius 2 is 0.971 bits per heavy atom. The zero-order chi connectivity index (χ0) is 24.3. The van der Waals surface area contributed by atoms with E-state index in [1.807, 2.05) is 72.0 Å². The lowest BCUT2D eigenvalue weighted by Gasteiger charge is -2.46. The third-order valence-corrected chi connectivity index (χ3v) is 14.5. The summed E-state index contributed by atoms with van der Waals surface area (Å²) in [6.07, 6.45) is 0. The first-order valence-corrected chi connectivity index (χ1v) is 15.6. The van der Waals surface area contributed by atoms with Crippen LogP contribution in [0.4, 0.5) is 0 Å². The summed E-state index contributed by atoms with van der Waals surface area (Å²) < 4.78 is 11.5. The highest BCUT2D eigenvalue weighted by molar-refractivity contribution is 7.64. The number of hydrogen-bond acceptors (Lipinski definition) is 4. The Bertz CT molecular complexity index is 1120. The smallest absolute Gasteiger partial charge is 0.293 e. The molecule has 0 saturated carbocycles. The van der Waals surface area contributed by atoms with Gasteiger partial charge in [0.1, 0.15) is 7.79 Å². The fraction of sp³-hybridized carbons (Fsp3) is 0.172. The molecule has 1 saturated heterocycles. The highest BCUT2D eigenvalue weighted by Crippen LogP contribution is 2.69. The van der Waals surface area contributed by atoms with Gasteiger partial charge in [-0.3, -0.25) is 0 Å². The molecule has 35 heavy (non-hydrogen) atoms. The average molecular weight is 499 g/mol. The maximum Gasteiger partial charge on any atom is 0.293 e. The van der Waals surface area contributed by atoms with Gasteiger partial charge in [-0.1, -0.05) is 121 Å². The van der Waals surface area contributed by atoms with Gasteiger partial charge < -0.3 is 9.32 Å². The summed E-state index contributed by atoms with van der Waals surface area (Å²) in [6, 6.07) is 41.6. The minimum atomic E-state index is -3.07. The van der Waals surface area contributed by atoms with E-state index in [0.29, 0.717) is 0 Å². The summed E-state index contributed by atoms with van der Waals surface area (Å²) in [5.41, 5.74) is 0.941. The molecule has 0 aliphatic carbocycles. The van der Waals surface area contributed by atoms with Crippen LogP contribution in [0.2, 0.25) is 0 Å². The van der Waals surface area contributed by atoms with Crippen LogP contribution in [0.3, 0.4) is 0 Å². The van der Waals surface area contributed by atoms with Gasteiger partial charge >= 0.3 is 0 Å². The summed E-state index contributed by atoms with van der Waals surface area (Å²) in [5.74, 6) is -0.603. The van der Waals surface area contributed by atoms with E-state index in [4.69, 9.17) is 4.43 Å². The van der Waals surface area contributed by atoms with E-state index in [1.54, 1.807) is 0 Å². The number of likely N-dealkylation sites (N-methyl/N-ethyl adjacent to an activating group) is 2. The zero-order valence-electron chi connectivity index (χ0n) is 20.2. The summed E-state index contributed by atoms with van der Waals surface area (Å²) in [4.78, 5) is 14.9. The van der Waals surface area contributed by atoms with E-state index in [1.165, 1.54) is 0 Å². The molecule has 0 radical (unpaired) electrons. The Kier molecular flexibility index (Phi) is 6.99. The van der Waals surface area contributed by atoms with Crippen molar-refractivity contribution in [2.45, 2.75) is 5.85 Å². The summed E-state index contributed by atoms with van der Waals surface area (Å²) in [6.45, 7) is 1.49. The molecule has 1 aliphatic rings. The predicted molar refractivity (Wildman–Crippen MR) is 146 cm³/mol. The van der Waals surface area contributed by atoms with Gasteiger partial charge in [-0.05, 0) is 15.6 Å². The zero-order valence-corrected chi connectivity index (χ0v) is 22.1. The Hall–Kier alpha value is -2.63. The lowest BCUT2D eigenvalue weighted by atomic mass is 10.2. The topological polar surface area (TPSA) is 38.8 Å². The predicted octanol–water partition coefficient (Wildman–Crippen LogP) is 3.37. The summed E-state index contributed by atoms with van der Waals surface area (Å²) >= 11 is 0. The fourth-order valence-electron chi connectivity index (χ4n) is 5.03. The Morgan fingerprint density at radius 3 is 1.34 bits per heavy atom. The first-order chi connectivity index (χ1) is 17.1. The molecule has 1 heterocycles. The average Bonchev–Trinajstić information content (AvgIpc) is 3.19. The quantitative estimate of drug-likeness (QED) is 0.223. The minimum Gasteiger partial charge on any atom is -0.648 e. The van der Waals surface area contributed by atoms with Gasteiger partial charge in [-0.25, -0.2) is 0 Å². The van der Waals surface area contributed by atoms with Gasteiger partial charge in [-0.2, -0.15) is 9.34 Å². The molecule has 1 aliphatic heterocycles. The summed E-state index contributed by atoms with van der Waals surface area (Å²) in [7, 11) is -2.21. The van der Waals surface area contributed by atoms with Crippen LogP contribution in [0.25, 0.3) is 0 Å². The van der Waals surface area contributed by atoms with Gasteiger partial charge in [0.25, 0.3) is 8.32 Å². The fourth-order valence-corrected chi connectivity index (χ4v) is 12.5. The Balaban J connectivity index is 1.79. The molecule has 1 fully saturated rings. The monoisotopic (exact) mass is 498 g/mol. The molecule has 6 heteroatoms. The van der Waals surface area contributed by atoms with E-state index in [2.05, 4.69) is 72.8 Å². The van der Waals surface area contributed by atoms with Crippen LogP contribution in [0.15, 0.2) is 121 Å². The number of rotatable bonds is 7.